The van der Waals surface area contributed by atoms with Gasteiger partial charge in [0.2, 0.25) is 0 Å². The molecular weight excluding hydrogens is 266 g/mol. The first-order chi connectivity index (χ1) is 10.3. The van der Waals surface area contributed by atoms with Gasteiger partial charge >= 0.3 is 0 Å². The third-order valence-electron chi connectivity index (χ3n) is 4.43. The summed E-state index contributed by atoms with van der Waals surface area (Å²) in [5, 5.41) is 3.57. The summed E-state index contributed by atoms with van der Waals surface area (Å²) in [6.07, 6.45) is 3.41. The van der Waals surface area contributed by atoms with Gasteiger partial charge in [0.15, 0.2) is 11.5 Å². The second-order valence-electron chi connectivity index (χ2n) is 6.04. The molecule has 1 aromatic heterocycles. The summed E-state index contributed by atoms with van der Waals surface area (Å²) in [6.45, 7) is 4.76. The first-order valence-electron chi connectivity index (χ1n) is 7.84. The molecule has 0 bridgehead atoms. The van der Waals surface area contributed by atoms with Gasteiger partial charge < -0.3 is 19.8 Å². The molecule has 0 aliphatic carbocycles. The first kappa shape index (κ1) is 13.0. The Bertz CT molecular complexity index is 609. The number of rotatable bonds is 1. The van der Waals surface area contributed by atoms with E-state index in [1.807, 2.05) is 12.1 Å². The molecule has 0 radical (unpaired) electrons. The fourth-order valence-corrected chi connectivity index (χ4v) is 3.25. The van der Waals surface area contributed by atoms with Crippen molar-refractivity contribution < 1.29 is 9.47 Å². The Morgan fingerprint density at radius 2 is 1.95 bits per heavy atom. The lowest BCUT2D eigenvalue weighted by Crippen LogP contribution is -2.33. The lowest BCUT2D eigenvalue weighted by Gasteiger charge is -2.28. The molecule has 5 heteroatoms. The van der Waals surface area contributed by atoms with Crippen LogP contribution in [0.15, 0.2) is 12.1 Å². The van der Waals surface area contributed by atoms with Crippen LogP contribution in [0.2, 0.25) is 0 Å². The maximum atomic E-state index is 5.74. The van der Waals surface area contributed by atoms with Crippen molar-refractivity contribution in [1.29, 1.82) is 0 Å². The fourth-order valence-electron chi connectivity index (χ4n) is 3.25. The zero-order chi connectivity index (χ0) is 14.2. The van der Waals surface area contributed by atoms with Crippen LogP contribution in [-0.4, -0.2) is 29.7 Å². The molecule has 1 saturated heterocycles. The summed E-state index contributed by atoms with van der Waals surface area (Å²) in [7, 11) is 0. The molecule has 2 unspecified atom stereocenters. The Hall–Kier alpha value is -1.75. The van der Waals surface area contributed by atoms with Crippen LogP contribution in [0.4, 0.5) is 0 Å². The van der Waals surface area contributed by atoms with Gasteiger partial charge in [0.25, 0.3) is 0 Å². The topological polar surface area (TPSA) is 59.2 Å². The third kappa shape index (κ3) is 2.35. The molecule has 4 rings (SSSR count). The normalized spacial score (nSPS) is 25.8. The number of aromatic nitrogens is 2. The van der Waals surface area contributed by atoms with Crippen molar-refractivity contribution in [2.24, 2.45) is 5.92 Å². The second kappa shape index (κ2) is 5.22. The number of fused-ring (bicyclic) bond motifs is 2. The highest BCUT2D eigenvalue weighted by atomic mass is 16.5. The highest BCUT2D eigenvalue weighted by Gasteiger charge is 2.25. The van der Waals surface area contributed by atoms with E-state index in [-0.39, 0.29) is 0 Å². The largest absolute Gasteiger partial charge is 0.489 e. The number of imidazole rings is 1. The molecule has 2 aliphatic rings. The number of H-pyrrole nitrogens is 1. The molecule has 2 atom stereocenters. The monoisotopic (exact) mass is 287 g/mol. The van der Waals surface area contributed by atoms with Crippen LogP contribution in [0, 0.1) is 5.92 Å². The van der Waals surface area contributed by atoms with E-state index >= 15 is 0 Å². The van der Waals surface area contributed by atoms with Gasteiger partial charge in [-0.15, -0.1) is 0 Å². The molecule has 0 spiro atoms. The number of benzene rings is 1. The average Bonchev–Trinajstić information content (AvgIpc) is 2.75. The van der Waals surface area contributed by atoms with Gasteiger partial charge in [-0.25, -0.2) is 4.98 Å². The van der Waals surface area contributed by atoms with Crippen molar-refractivity contribution in [2.75, 3.05) is 19.8 Å². The van der Waals surface area contributed by atoms with Gasteiger partial charge in [-0.2, -0.15) is 0 Å². The van der Waals surface area contributed by atoms with Crippen LogP contribution in [0.3, 0.4) is 0 Å². The highest BCUT2D eigenvalue weighted by Crippen LogP contribution is 2.35. The molecule has 2 aliphatic heterocycles. The highest BCUT2D eigenvalue weighted by molar-refractivity contribution is 5.80. The van der Waals surface area contributed by atoms with Gasteiger partial charge in [0, 0.05) is 18.6 Å². The van der Waals surface area contributed by atoms with Crippen LogP contribution in [0.5, 0.6) is 11.5 Å². The van der Waals surface area contributed by atoms with Gasteiger partial charge in [-0.1, -0.05) is 6.92 Å². The van der Waals surface area contributed by atoms with E-state index < -0.39 is 0 Å². The molecule has 2 aromatic rings. The smallest absolute Gasteiger partial charge is 0.163 e. The van der Waals surface area contributed by atoms with E-state index in [0.717, 1.165) is 41.3 Å². The number of piperidine rings is 1. The minimum absolute atomic E-state index is 0.313. The van der Waals surface area contributed by atoms with Crippen LogP contribution < -0.4 is 14.8 Å². The second-order valence-corrected chi connectivity index (χ2v) is 6.04. The molecule has 112 valence electrons. The van der Waals surface area contributed by atoms with Crippen molar-refractivity contribution in [3.63, 3.8) is 0 Å². The first-order valence-corrected chi connectivity index (χ1v) is 7.84. The zero-order valence-electron chi connectivity index (χ0n) is 12.3. The molecular formula is C16H21N3O2. The minimum Gasteiger partial charge on any atom is -0.489 e. The molecule has 1 fully saturated rings. The molecule has 21 heavy (non-hydrogen) atoms. The SMILES string of the molecule is CC1CCCNC1c1nc2cc3c(cc2[nH]1)OCCCO3. The van der Waals surface area contributed by atoms with Crippen molar-refractivity contribution in [3.8, 4) is 11.5 Å². The van der Waals surface area contributed by atoms with Crippen LogP contribution in [-0.2, 0) is 0 Å². The summed E-state index contributed by atoms with van der Waals surface area (Å²) < 4.78 is 11.5. The summed E-state index contributed by atoms with van der Waals surface area (Å²) in [5.41, 5.74) is 1.97. The minimum atomic E-state index is 0.313. The Kier molecular flexibility index (Phi) is 3.22. The van der Waals surface area contributed by atoms with Crippen LogP contribution in [0.1, 0.15) is 38.1 Å². The number of hydrogen-bond acceptors (Lipinski definition) is 4. The standard InChI is InChI=1S/C16H21N3O2/c1-10-4-2-5-17-15(10)16-18-11-8-13-14(9-12(11)19-16)21-7-3-6-20-13/h8-10,15,17H,2-7H2,1H3,(H,18,19). The summed E-state index contributed by atoms with van der Waals surface area (Å²) >= 11 is 0. The van der Waals surface area contributed by atoms with Crippen LogP contribution >= 0.6 is 0 Å². The molecule has 3 heterocycles. The van der Waals surface area contributed by atoms with E-state index in [1.165, 1.54) is 12.8 Å². The van der Waals surface area contributed by atoms with Crippen molar-refractivity contribution in [1.82, 2.24) is 15.3 Å². The van der Waals surface area contributed by atoms with Crippen LogP contribution in [0.25, 0.3) is 11.0 Å². The zero-order valence-corrected chi connectivity index (χ0v) is 12.3. The van der Waals surface area contributed by atoms with Gasteiger partial charge in [0.1, 0.15) is 5.82 Å². The van der Waals surface area contributed by atoms with Crippen molar-refractivity contribution in [3.05, 3.63) is 18.0 Å². The van der Waals surface area contributed by atoms with Gasteiger partial charge in [-0.3, -0.25) is 0 Å². The number of aromatic amines is 1. The van der Waals surface area contributed by atoms with Crippen molar-refractivity contribution >= 4 is 11.0 Å². The van der Waals surface area contributed by atoms with E-state index in [2.05, 4.69) is 17.2 Å². The fraction of sp³-hybridized carbons (Fsp3) is 0.562. The summed E-state index contributed by atoms with van der Waals surface area (Å²) in [4.78, 5) is 8.23. The number of nitrogens with zero attached hydrogens (tertiary/aromatic N) is 1. The van der Waals surface area contributed by atoms with Crippen molar-refractivity contribution in [2.45, 2.75) is 32.2 Å². The molecule has 5 nitrogen and oxygen atoms in total. The Morgan fingerprint density at radius 3 is 2.76 bits per heavy atom. The predicted molar refractivity (Wildman–Crippen MR) is 80.8 cm³/mol. The summed E-state index contributed by atoms with van der Waals surface area (Å²) in [6, 6.07) is 4.32. The predicted octanol–water partition coefficient (Wildman–Crippen LogP) is 2.78. The number of ether oxygens (including phenoxy) is 2. The van der Waals surface area contributed by atoms with Gasteiger partial charge in [-0.05, 0) is 25.3 Å². The Balaban J connectivity index is 1.72. The molecule has 1 aromatic carbocycles. The lowest BCUT2D eigenvalue weighted by atomic mass is 9.92. The molecule has 0 saturated carbocycles. The van der Waals surface area contributed by atoms with E-state index in [9.17, 15) is 0 Å². The lowest BCUT2D eigenvalue weighted by molar-refractivity contribution is 0.296. The maximum absolute atomic E-state index is 5.74. The number of hydrogen-bond donors (Lipinski definition) is 2. The van der Waals surface area contributed by atoms with Gasteiger partial charge in [0.05, 0.1) is 30.3 Å². The molecule has 0 amide bonds. The third-order valence-corrected chi connectivity index (χ3v) is 4.43. The molecule has 2 N–H and O–H groups in total. The average molecular weight is 287 g/mol. The van der Waals surface area contributed by atoms with E-state index in [4.69, 9.17) is 14.5 Å². The maximum Gasteiger partial charge on any atom is 0.163 e. The Labute approximate surface area is 124 Å². The quantitative estimate of drug-likeness (QED) is 0.846. The van der Waals surface area contributed by atoms with E-state index in [0.29, 0.717) is 25.2 Å². The number of nitrogens with one attached hydrogen (secondary N) is 2. The van der Waals surface area contributed by atoms with E-state index in [1.54, 1.807) is 0 Å². The summed E-state index contributed by atoms with van der Waals surface area (Å²) in [5.74, 6) is 3.25. The Morgan fingerprint density at radius 1 is 1.14 bits per heavy atom.